The first-order valence-electron chi connectivity index (χ1n) is 5.22. The highest BCUT2D eigenvalue weighted by Gasteiger charge is 2.07. The minimum Gasteiger partial charge on any atom is -0.370 e. The Labute approximate surface area is 111 Å². The predicted octanol–water partition coefficient (Wildman–Crippen LogP) is 2.26. The molecule has 0 amide bonds. The summed E-state index contributed by atoms with van der Waals surface area (Å²) in [7, 11) is 0. The van der Waals surface area contributed by atoms with Crippen molar-refractivity contribution in [3.8, 4) is 0 Å². The van der Waals surface area contributed by atoms with Gasteiger partial charge in [0.25, 0.3) is 0 Å². The normalized spacial score (nSPS) is 9.76. The fraction of sp³-hybridized carbons (Fsp3) is 0.273. The number of rotatable bonds is 3. The molecule has 0 unspecified atom stereocenters. The van der Waals surface area contributed by atoms with Gasteiger partial charge in [-0.05, 0) is 30.3 Å². The highest BCUT2D eigenvalue weighted by Crippen LogP contribution is 2.27. The van der Waals surface area contributed by atoms with Gasteiger partial charge in [0.2, 0.25) is 5.11 Å². The molecule has 0 aliphatic rings. The van der Waals surface area contributed by atoms with E-state index in [1.165, 1.54) is 0 Å². The van der Waals surface area contributed by atoms with Crippen LogP contribution >= 0.6 is 23.8 Å². The molecule has 0 aliphatic heterocycles. The first kappa shape index (κ1) is 13.7. The Morgan fingerprint density at radius 3 is 2.76 bits per heavy atom. The SMILES string of the molecule is CCCc1cccc(Cl)c1NC(=S)N=C(N)N. The molecule has 6 heteroatoms. The van der Waals surface area contributed by atoms with E-state index in [0.29, 0.717) is 5.02 Å². The molecular formula is C11H15ClN4S. The summed E-state index contributed by atoms with van der Waals surface area (Å²) in [4.78, 5) is 3.75. The lowest BCUT2D eigenvalue weighted by Crippen LogP contribution is -2.25. The fourth-order valence-corrected chi connectivity index (χ4v) is 1.89. The average Bonchev–Trinajstić information content (AvgIpc) is 2.22. The van der Waals surface area contributed by atoms with E-state index in [9.17, 15) is 0 Å². The number of hydrogen-bond acceptors (Lipinski definition) is 1. The molecule has 1 aromatic rings. The van der Waals surface area contributed by atoms with Crippen molar-refractivity contribution in [1.29, 1.82) is 0 Å². The second-order valence-electron chi connectivity index (χ2n) is 3.49. The van der Waals surface area contributed by atoms with Gasteiger partial charge < -0.3 is 16.8 Å². The van der Waals surface area contributed by atoms with E-state index in [2.05, 4.69) is 17.2 Å². The quantitative estimate of drug-likeness (QED) is 0.447. The zero-order chi connectivity index (χ0) is 12.8. The smallest absolute Gasteiger partial charge is 0.200 e. The topological polar surface area (TPSA) is 76.4 Å². The summed E-state index contributed by atoms with van der Waals surface area (Å²) >= 11 is 11.1. The van der Waals surface area contributed by atoms with E-state index in [1.54, 1.807) is 6.07 Å². The summed E-state index contributed by atoms with van der Waals surface area (Å²) in [5, 5.41) is 3.75. The molecule has 0 bridgehead atoms. The van der Waals surface area contributed by atoms with Gasteiger partial charge in [-0.15, -0.1) is 0 Å². The van der Waals surface area contributed by atoms with E-state index in [1.807, 2.05) is 12.1 Å². The van der Waals surface area contributed by atoms with Crippen molar-refractivity contribution in [2.24, 2.45) is 16.5 Å². The van der Waals surface area contributed by atoms with Crippen LogP contribution in [0.1, 0.15) is 18.9 Å². The Kier molecular flexibility index (Phi) is 5.18. The molecule has 0 saturated carbocycles. The summed E-state index contributed by atoms with van der Waals surface area (Å²) in [6.45, 7) is 2.10. The van der Waals surface area contributed by atoms with Crippen molar-refractivity contribution in [3.05, 3.63) is 28.8 Å². The molecule has 92 valence electrons. The van der Waals surface area contributed by atoms with Crippen LogP contribution in [-0.2, 0) is 6.42 Å². The lowest BCUT2D eigenvalue weighted by atomic mass is 10.1. The van der Waals surface area contributed by atoms with Gasteiger partial charge in [0.05, 0.1) is 10.7 Å². The molecular weight excluding hydrogens is 256 g/mol. The molecule has 0 fully saturated rings. The monoisotopic (exact) mass is 270 g/mol. The number of para-hydroxylation sites is 1. The Hall–Kier alpha value is -1.33. The number of nitrogens with one attached hydrogen (secondary N) is 1. The first-order chi connectivity index (χ1) is 8.04. The molecule has 17 heavy (non-hydrogen) atoms. The number of nitrogens with zero attached hydrogens (tertiary/aromatic N) is 1. The van der Waals surface area contributed by atoms with Gasteiger partial charge in [-0.25, -0.2) is 0 Å². The molecule has 0 aliphatic carbocycles. The number of aliphatic imine (C=N–C) groups is 1. The number of benzene rings is 1. The van der Waals surface area contributed by atoms with Crippen LogP contribution in [0.15, 0.2) is 23.2 Å². The highest BCUT2D eigenvalue weighted by atomic mass is 35.5. The third kappa shape index (κ3) is 4.20. The van der Waals surface area contributed by atoms with Gasteiger partial charge in [0, 0.05) is 0 Å². The van der Waals surface area contributed by atoms with E-state index >= 15 is 0 Å². The second kappa shape index (κ2) is 6.42. The standard InChI is InChI=1S/C11H15ClN4S/c1-2-4-7-5-3-6-8(12)9(7)15-11(17)16-10(13)14/h3,5-6H,2,4H2,1H3,(H5,13,14,15,16,17). The third-order valence-electron chi connectivity index (χ3n) is 2.08. The number of hydrogen-bond donors (Lipinski definition) is 3. The van der Waals surface area contributed by atoms with Gasteiger partial charge in [-0.3, -0.25) is 0 Å². The number of guanidine groups is 1. The van der Waals surface area contributed by atoms with Gasteiger partial charge in [-0.2, -0.15) is 4.99 Å². The van der Waals surface area contributed by atoms with E-state index in [0.717, 1.165) is 24.1 Å². The molecule has 5 N–H and O–H groups in total. The van der Waals surface area contributed by atoms with Crippen LogP contribution in [-0.4, -0.2) is 11.1 Å². The van der Waals surface area contributed by atoms with Crippen molar-refractivity contribution in [2.75, 3.05) is 5.32 Å². The minimum atomic E-state index is -0.0772. The van der Waals surface area contributed by atoms with E-state index < -0.39 is 0 Å². The van der Waals surface area contributed by atoms with Crippen molar-refractivity contribution in [2.45, 2.75) is 19.8 Å². The van der Waals surface area contributed by atoms with Crippen LogP contribution < -0.4 is 16.8 Å². The Bertz CT molecular complexity index is 441. The maximum absolute atomic E-state index is 6.11. The molecule has 0 saturated heterocycles. The summed E-state index contributed by atoms with van der Waals surface area (Å²) in [6, 6.07) is 5.69. The van der Waals surface area contributed by atoms with Crippen molar-refractivity contribution < 1.29 is 0 Å². The predicted molar refractivity (Wildman–Crippen MR) is 77.5 cm³/mol. The molecule has 1 rings (SSSR count). The van der Waals surface area contributed by atoms with Crippen LogP contribution in [0.3, 0.4) is 0 Å². The Morgan fingerprint density at radius 1 is 1.47 bits per heavy atom. The maximum atomic E-state index is 6.11. The fourth-order valence-electron chi connectivity index (χ4n) is 1.44. The molecule has 1 aromatic carbocycles. The van der Waals surface area contributed by atoms with Gasteiger partial charge >= 0.3 is 0 Å². The Balaban J connectivity index is 2.96. The molecule has 0 aromatic heterocycles. The van der Waals surface area contributed by atoms with E-state index in [4.69, 9.17) is 35.3 Å². The number of aryl methyl sites for hydroxylation is 1. The molecule has 0 radical (unpaired) electrons. The van der Waals surface area contributed by atoms with Gasteiger partial charge in [0.15, 0.2) is 5.96 Å². The summed E-state index contributed by atoms with van der Waals surface area (Å²) in [6.07, 6.45) is 1.93. The molecule has 0 atom stereocenters. The zero-order valence-corrected chi connectivity index (χ0v) is 11.1. The van der Waals surface area contributed by atoms with Crippen LogP contribution in [0.25, 0.3) is 0 Å². The largest absolute Gasteiger partial charge is 0.370 e. The number of nitrogens with two attached hydrogens (primary N) is 2. The summed E-state index contributed by atoms with van der Waals surface area (Å²) in [5.41, 5.74) is 12.4. The summed E-state index contributed by atoms with van der Waals surface area (Å²) in [5.74, 6) is -0.0772. The lowest BCUT2D eigenvalue weighted by Gasteiger charge is -2.12. The molecule has 0 spiro atoms. The molecule has 4 nitrogen and oxygen atoms in total. The zero-order valence-electron chi connectivity index (χ0n) is 9.53. The van der Waals surface area contributed by atoms with Crippen molar-refractivity contribution >= 4 is 40.6 Å². The average molecular weight is 271 g/mol. The van der Waals surface area contributed by atoms with Crippen molar-refractivity contribution in [3.63, 3.8) is 0 Å². The van der Waals surface area contributed by atoms with Crippen molar-refractivity contribution in [1.82, 2.24) is 0 Å². The first-order valence-corrected chi connectivity index (χ1v) is 6.01. The highest BCUT2D eigenvalue weighted by molar-refractivity contribution is 7.80. The molecule has 0 heterocycles. The van der Waals surface area contributed by atoms with Crippen LogP contribution in [0.4, 0.5) is 5.69 Å². The second-order valence-corrected chi connectivity index (χ2v) is 4.28. The summed E-state index contributed by atoms with van der Waals surface area (Å²) < 4.78 is 0. The Morgan fingerprint density at radius 2 is 2.18 bits per heavy atom. The minimum absolute atomic E-state index is 0.0772. The van der Waals surface area contributed by atoms with Gasteiger partial charge in [-0.1, -0.05) is 37.1 Å². The third-order valence-corrected chi connectivity index (χ3v) is 2.59. The van der Waals surface area contributed by atoms with Crippen LogP contribution in [0.2, 0.25) is 5.02 Å². The number of halogens is 1. The lowest BCUT2D eigenvalue weighted by molar-refractivity contribution is 0.924. The van der Waals surface area contributed by atoms with E-state index in [-0.39, 0.29) is 11.1 Å². The maximum Gasteiger partial charge on any atom is 0.200 e. The number of thiocarbonyl (C=S) groups is 1. The van der Waals surface area contributed by atoms with Crippen LogP contribution in [0.5, 0.6) is 0 Å². The number of anilines is 1. The van der Waals surface area contributed by atoms with Crippen LogP contribution in [0, 0.1) is 0 Å². The van der Waals surface area contributed by atoms with Gasteiger partial charge in [0.1, 0.15) is 0 Å².